The smallest absolute Gasteiger partial charge is 0.502 e. The van der Waals surface area contributed by atoms with E-state index in [1.54, 1.807) is 60.7 Å². The van der Waals surface area contributed by atoms with Gasteiger partial charge in [-0.05, 0) is 24.3 Å². The van der Waals surface area contributed by atoms with E-state index in [1.807, 2.05) is 0 Å². The van der Waals surface area contributed by atoms with Crippen LogP contribution in [0.3, 0.4) is 0 Å². The van der Waals surface area contributed by atoms with Gasteiger partial charge in [-0.1, -0.05) is 36.4 Å². The third-order valence-corrected chi connectivity index (χ3v) is 4.70. The van der Waals surface area contributed by atoms with Gasteiger partial charge in [-0.25, -0.2) is 4.57 Å². The van der Waals surface area contributed by atoms with Gasteiger partial charge in [0.15, 0.2) is 5.75 Å². The molecule has 0 aliphatic heterocycles. The topological polar surface area (TPSA) is 98.0 Å². The van der Waals surface area contributed by atoms with Gasteiger partial charge in [0.1, 0.15) is 23.5 Å². The minimum atomic E-state index is -3.83. The minimum Gasteiger partial charge on any atom is -0.502 e. The molecule has 0 atom stereocenters. The van der Waals surface area contributed by atoms with Crippen LogP contribution in [0, 0.1) is 0 Å². The van der Waals surface area contributed by atoms with Gasteiger partial charge in [0.25, 0.3) is 0 Å². The van der Waals surface area contributed by atoms with Crippen LogP contribution in [0.25, 0.3) is 0 Å². The molecule has 0 unspecified atom stereocenters. The van der Waals surface area contributed by atoms with E-state index in [1.165, 1.54) is 0 Å². The van der Waals surface area contributed by atoms with Crippen LogP contribution >= 0.6 is 7.75 Å². The highest BCUT2D eigenvalue weighted by Gasteiger charge is 2.28. The van der Waals surface area contributed by atoms with E-state index in [4.69, 9.17) is 13.5 Å². The molecule has 0 radical (unpaired) electrons. The predicted octanol–water partition coefficient (Wildman–Crippen LogP) is 3.70. The van der Waals surface area contributed by atoms with Crippen molar-refractivity contribution in [2.75, 3.05) is 0 Å². The van der Waals surface area contributed by atoms with Crippen molar-refractivity contribution in [3.05, 3.63) is 89.0 Å². The van der Waals surface area contributed by atoms with Crippen molar-refractivity contribution in [1.29, 1.82) is 0 Å². The molecular weight excluding hydrogens is 357 g/mol. The second-order valence-electron chi connectivity index (χ2n) is 5.24. The first-order chi connectivity index (χ1) is 12.5. The summed E-state index contributed by atoms with van der Waals surface area (Å²) in [6.07, 6.45) is 0.917. The van der Waals surface area contributed by atoms with Crippen LogP contribution < -0.4 is 19.6 Å². The van der Waals surface area contributed by atoms with E-state index in [2.05, 4.69) is 5.09 Å². The number of hydrogen-bond acceptors (Lipinski definition) is 6. The van der Waals surface area contributed by atoms with Crippen LogP contribution in [-0.2, 0) is 11.1 Å². The van der Waals surface area contributed by atoms with Crippen LogP contribution in [0.5, 0.6) is 17.2 Å². The van der Waals surface area contributed by atoms with E-state index in [0.717, 1.165) is 12.3 Å². The maximum absolute atomic E-state index is 13.2. The van der Waals surface area contributed by atoms with E-state index in [-0.39, 0.29) is 12.3 Å². The number of aromatic hydroxyl groups is 1. The Balaban J connectivity index is 1.80. The molecule has 134 valence electrons. The maximum atomic E-state index is 13.2. The van der Waals surface area contributed by atoms with Crippen molar-refractivity contribution in [2.45, 2.75) is 6.54 Å². The normalized spacial score (nSPS) is 11.1. The summed E-state index contributed by atoms with van der Waals surface area (Å²) in [4.78, 5) is 11.5. The van der Waals surface area contributed by atoms with Crippen LogP contribution in [0.4, 0.5) is 0 Å². The Morgan fingerprint density at radius 1 is 0.962 bits per heavy atom. The Kier molecular flexibility index (Phi) is 5.41. The van der Waals surface area contributed by atoms with Crippen LogP contribution in [0.15, 0.2) is 82.2 Å². The second-order valence-corrected chi connectivity index (χ2v) is 6.91. The molecule has 1 aromatic heterocycles. The largest absolute Gasteiger partial charge is 0.513 e. The van der Waals surface area contributed by atoms with Crippen LogP contribution in [0.1, 0.15) is 5.76 Å². The molecule has 0 saturated heterocycles. The maximum Gasteiger partial charge on any atom is 0.513 e. The Labute approximate surface area is 149 Å². The first kappa shape index (κ1) is 17.8. The number of nitrogens with one attached hydrogen (secondary N) is 1. The van der Waals surface area contributed by atoms with E-state index in [9.17, 15) is 14.5 Å². The lowest BCUT2D eigenvalue weighted by Crippen LogP contribution is -2.19. The molecule has 0 bridgehead atoms. The highest BCUT2D eigenvalue weighted by atomic mass is 31.2. The Morgan fingerprint density at radius 2 is 1.50 bits per heavy atom. The fourth-order valence-corrected chi connectivity index (χ4v) is 3.35. The number of hydrogen-bond donors (Lipinski definition) is 2. The fourth-order valence-electron chi connectivity index (χ4n) is 2.03. The van der Waals surface area contributed by atoms with Gasteiger partial charge < -0.3 is 18.6 Å². The molecule has 0 aliphatic carbocycles. The molecule has 3 rings (SSSR count). The molecule has 0 aliphatic rings. The summed E-state index contributed by atoms with van der Waals surface area (Å²) in [7, 11) is -3.83. The average Bonchev–Trinajstić information content (AvgIpc) is 2.64. The molecular formula is C18H16NO6P. The molecule has 0 saturated carbocycles. The van der Waals surface area contributed by atoms with Gasteiger partial charge in [0.2, 0.25) is 5.43 Å². The van der Waals surface area contributed by atoms with Crippen molar-refractivity contribution in [3.63, 3.8) is 0 Å². The lowest BCUT2D eigenvalue weighted by molar-refractivity contribution is 0.362. The number of para-hydroxylation sites is 2. The first-order valence-corrected chi connectivity index (χ1v) is 9.23. The van der Waals surface area contributed by atoms with Gasteiger partial charge in [-0.3, -0.25) is 4.79 Å². The van der Waals surface area contributed by atoms with Crippen molar-refractivity contribution >= 4 is 7.75 Å². The summed E-state index contributed by atoms with van der Waals surface area (Å²) < 4.78 is 29.3. The van der Waals surface area contributed by atoms with Gasteiger partial charge in [0.05, 0.1) is 6.54 Å². The zero-order valence-electron chi connectivity index (χ0n) is 13.6. The predicted molar refractivity (Wildman–Crippen MR) is 95.2 cm³/mol. The standard InChI is InChI=1S/C18H16NO6P/c20-17-11-16(23-13-18(17)21)12-19-26(22,24-14-7-3-1-4-8-14)25-15-9-5-2-6-10-15/h1-11,13,21H,12H2,(H,19,22). The Morgan fingerprint density at radius 3 is 2.00 bits per heavy atom. The second kappa shape index (κ2) is 7.91. The van der Waals surface area contributed by atoms with Gasteiger partial charge in [0, 0.05) is 6.07 Å². The SMILES string of the molecule is O=c1cc(CNP(=O)(Oc2ccccc2)Oc2ccccc2)occ1O. The van der Waals surface area contributed by atoms with Crippen molar-refractivity contribution < 1.29 is 23.1 Å². The Bertz CT molecular complexity index is 913. The van der Waals surface area contributed by atoms with E-state index in [0.29, 0.717) is 11.5 Å². The lowest BCUT2D eigenvalue weighted by Gasteiger charge is -2.20. The molecule has 1 heterocycles. The number of rotatable bonds is 7. The van der Waals surface area contributed by atoms with Crippen molar-refractivity contribution in [2.24, 2.45) is 0 Å². The highest BCUT2D eigenvalue weighted by molar-refractivity contribution is 7.52. The fraction of sp³-hybridized carbons (Fsp3) is 0.0556. The zero-order valence-corrected chi connectivity index (χ0v) is 14.5. The van der Waals surface area contributed by atoms with Gasteiger partial charge >= 0.3 is 7.75 Å². The molecule has 0 amide bonds. The molecule has 2 N–H and O–H groups in total. The monoisotopic (exact) mass is 373 g/mol. The summed E-state index contributed by atoms with van der Waals surface area (Å²) in [6, 6.07) is 18.2. The van der Waals surface area contributed by atoms with Crippen molar-refractivity contribution in [1.82, 2.24) is 5.09 Å². The molecule has 8 heteroatoms. The summed E-state index contributed by atoms with van der Waals surface area (Å²) in [6.45, 7) is -0.105. The van der Waals surface area contributed by atoms with E-state index < -0.39 is 18.9 Å². The summed E-state index contributed by atoms with van der Waals surface area (Å²) in [5.41, 5.74) is -0.601. The van der Waals surface area contributed by atoms with Crippen LogP contribution in [0.2, 0.25) is 0 Å². The van der Waals surface area contributed by atoms with Crippen LogP contribution in [-0.4, -0.2) is 5.11 Å². The molecule has 0 spiro atoms. The third-order valence-electron chi connectivity index (χ3n) is 3.25. The highest BCUT2D eigenvalue weighted by Crippen LogP contribution is 2.44. The van der Waals surface area contributed by atoms with Crippen molar-refractivity contribution in [3.8, 4) is 17.2 Å². The zero-order chi connectivity index (χ0) is 18.4. The lowest BCUT2D eigenvalue weighted by atomic mass is 10.3. The third kappa shape index (κ3) is 4.75. The average molecular weight is 373 g/mol. The van der Waals surface area contributed by atoms with Gasteiger partial charge in [-0.15, -0.1) is 0 Å². The quantitative estimate of drug-likeness (QED) is 0.609. The molecule has 0 fully saturated rings. The Hall–Kier alpha value is -3.02. The molecule has 26 heavy (non-hydrogen) atoms. The summed E-state index contributed by atoms with van der Waals surface area (Å²) in [5.74, 6) is 0.372. The molecule has 3 aromatic rings. The van der Waals surface area contributed by atoms with Gasteiger partial charge in [-0.2, -0.15) is 5.09 Å². The minimum absolute atomic E-state index is 0.105. The first-order valence-electron chi connectivity index (χ1n) is 7.69. The molecule has 7 nitrogen and oxygen atoms in total. The molecule has 2 aromatic carbocycles. The van der Waals surface area contributed by atoms with E-state index >= 15 is 0 Å². The number of benzene rings is 2. The summed E-state index contributed by atoms with van der Waals surface area (Å²) in [5, 5.41) is 11.9. The summed E-state index contributed by atoms with van der Waals surface area (Å²) >= 11 is 0.